The van der Waals surface area contributed by atoms with Gasteiger partial charge in [-0.1, -0.05) is 5.92 Å². The smallest absolute Gasteiger partial charge is 0.340 e. The Morgan fingerprint density at radius 3 is 2.96 bits per heavy atom. The van der Waals surface area contributed by atoms with Gasteiger partial charge in [-0.05, 0) is 19.9 Å². The zero-order chi connectivity index (χ0) is 17.0. The first-order valence-corrected chi connectivity index (χ1v) is 7.33. The van der Waals surface area contributed by atoms with Gasteiger partial charge in [0, 0.05) is 6.20 Å². The number of aromatic nitrogens is 3. The van der Waals surface area contributed by atoms with Gasteiger partial charge in [-0.2, -0.15) is 0 Å². The average molecular weight is 331 g/mol. The van der Waals surface area contributed by atoms with E-state index in [0.717, 1.165) is 0 Å². The molecule has 118 valence electrons. The van der Waals surface area contributed by atoms with Crippen molar-refractivity contribution < 1.29 is 9.53 Å². The normalized spacial score (nSPS) is 12.7. The van der Waals surface area contributed by atoms with Crippen LogP contribution in [0.3, 0.4) is 0 Å². The molecule has 0 bridgehead atoms. The Balaban J connectivity index is 2.65. The number of hydrogen-bond donors (Lipinski definition) is 2. The fourth-order valence-electron chi connectivity index (χ4n) is 1.99. The summed E-state index contributed by atoms with van der Waals surface area (Å²) in [6.07, 6.45) is 9.85. The number of rotatable bonds is 5. The highest BCUT2D eigenvalue weighted by Crippen LogP contribution is 2.25. The molecule has 0 radical (unpaired) electrons. The van der Waals surface area contributed by atoms with Crippen molar-refractivity contribution >= 4 is 39.9 Å². The Kier molecular flexibility index (Phi) is 5.14. The lowest BCUT2D eigenvalue weighted by atomic mass is 10.0. The molecular formula is C16H15ClN4O2. The number of hydrogen-bond acceptors (Lipinski definition) is 5. The van der Waals surface area contributed by atoms with Gasteiger partial charge in [-0.15, -0.1) is 18.0 Å². The third kappa shape index (κ3) is 3.41. The second-order valence-corrected chi connectivity index (χ2v) is 5.30. The summed E-state index contributed by atoms with van der Waals surface area (Å²) in [5.41, 5.74) is 1.64. The van der Waals surface area contributed by atoms with Crippen molar-refractivity contribution in [3.63, 3.8) is 0 Å². The molecule has 1 unspecified atom stereocenters. The number of allylic oxidation sites excluding steroid dienone is 2. The highest BCUT2D eigenvalue weighted by atomic mass is 35.5. The van der Waals surface area contributed by atoms with Crippen LogP contribution in [0.5, 0.6) is 0 Å². The lowest BCUT2D eigenvalue weighted by molar-refractivity contribution is 0.0528. The van der Waals surface area contributed by atoms with Gasteiger partial charge in [-0.3, -0.25) is 0 Å². The van der Waals surface area contributed by atoms with Crippen molar-refractivity contribution in [2.45, 2.75) is 19.2 Å². The van der Waals surface area contributed by atoms with E-state index < -0.39 is 11.3 Å². The molecule has 0 spiro atoms. The second kappa shape index (κ2) is 7.07. The summed E-state index contributed by atoms with van der Waals surface area (Å²) >= 11 is 5.89. The molecule has 2 heterocycles. The molecule has 7 heteroatoms. The molecule has 2 N–H and O–H groups in total. The molecule has 0 aliphatic rings. The first-order chi connectivity index (χ1) is 11.0. The number of terminal acetylenes is 1. The number of carbonyl (C=O) groups excluding carboxylic acids is 1. The first kappa shape index (κ1) is 16.7. The van der Waals surface area contributed by atoms with E-state index in [2.05, 4.69) is 20.9 Å². The number of H-pyrrole nitrogens is 1. The quantitative estimate of drug-likeness (QED) is 0.381. The summed E-state index contributed by atoms with van der Waals surface area (Å²) in [7, 11) is 0. The third-order valence-corrected chi connectivity index (χ3v) is 3.34. The molecule has 0 aliphatic carbocycles. The van der Waals surface area contributed by atoms with Crippen LogP contribution in [0.25, 0.3) is 16.6 Å². The van der Waals surface area contributed by atoms with E-state index in [1.54, 1.807) is 13.8 Å². The Labute approximate surface area is 138 Å². The van der Waals surface area contributed by atoms with E-state index in [1.165, 1.54) is 18.6 Å². The average Bonchev–Trinajstić information content (AvgIpc) is 2.96. The molecule has 0 aromatic carbocycles. The van der Waals surface area contributed by atoms with E-state index in [-0.39, 0.29) is 12.3 Å². The zero-order valence-corrected chi connectivity index (χ0v) is 13.4. The molecule has 6 nitrogen and oxygen atoms in total. The number of nitrogens with one attached hydrogen (secondary N) is 2. The van der Waals surface area contributed by atoms with Gasteiger partial charge in [-0.25, -0.2) is 14.8 Å². The number of aromatic amines is 1. The van der Waals surface area contributed by atoms with Gasteiger partial charge >= 0.3 is 5.97 Å². The first-order valence-electron chi connectivity index (χ1n) is 6.90. The summed E-state index contributed by atoms with van der Waals surface area (Å²) in [5.74, 6) is 2.00. The van der Waals surface area contributed by atoms with Gasteiger partial charge in [0.1, 0.15) is 12.0 Å². The van der Waals surface area contributed by atoms with Crippen molar-refractivity contribution in [3.8, 4) is 12.3 Å². The standard InChI is InChI=1S/C16H15ClN4O2/c1-4-10(6-12(18)9(3)17)14-13-11(16(22)23-5-2)7-19-15(13)21-8-20-14/h1,6-9,18H,5H2,2-3H3,(H,19,20,21)/b10-6+,18-12?. The zero-order valence-electron chi connectivity index (χ0n) is 12.7. The van der Waals surface area contributed by atoms with Crippen LogP contribution in [0.15, 0.2) is 18.6 Å². The number of esters is 1. The third-order valence-electron chi connectivity index (χ3n) is 3.10. The van der Waals surface area contributed by atoms with Crippen molar-refractivity contribution in [3.05, 3.63) is 29.9 Å². The molecule has 2 rings (SSSR count). The summed E-state index contributed by atoms with van der Waals surface area (Å²) < 4.78 is 5.03. The van der Waals surface area contributed by atoms with E-state index in [9.17, 15) is 4.79 Å². The molecule has 23 heavy (non-hydrogen) atoms. The Morgan fingerprint density at radius 2 is 2.35 bits per heavy atom. The number of ether oxygens (including phenoxy) is 1. The molecule has 0 saturated heterocycles. The van der Waals surface area contributed by atoms with E-state index in [1.807, 2.05) is 0 Å². The van der Waals surface area contributed by atoms with Gasteiger partial charge in [0.25, 0.3) is 0 Å². The van der Waals surface area contributed by atoms with Crippen LogP contribution >= 0.6 is 11.6 Å². The minimum absolute atomic E-state index is 0.152. The Morgan fingerprint density at radius 1 is 1.61 bits per heavy atom. The number of halogens is 1. The maximum Gasteiger partial charge on any atom is 0.340 e. The number of alkyl halides is 1. The van der Waals surface area contributed by atoms with Crippen molar-refractivity contribution in [2.75, 3.05) is 6.61 Å². The van der Waals surface area contributed by atoms with Crippen molar-refractivity contribution in [2.24, 2.45) is 0 Å². The van der Waals surface area contributed by atoms with Crippen molar-refractivity contribution in [1.82, 2.24) is 15.0 Å². The molecular weight excluding hydrogens is 316 g/mol. The van der Waals surface area contributed by atoms with Gasteiger partial charge in [0.15, 0.2) is 0 Å². The van der Waals surface area contributed by atoms with Crippen LogP contribution < -0.4 is 0 Å². The monoisotopic (exact) mass is 330 g/mol. The van der Waals surface area contributed by atoms with Gasteiger partial charge in [0.05, 0.1) is 39.9 Å². The summed E-state index contributed by atoms with van der Waals surface area (Å²) in [6, 6.07) is 0. The van der Waals surface area contributed by atoms with Crippen LogP contribution in [0.4, 0.5) is 0 Å². The second-order valence-electron chi connectivity index (χ2n) is 4.64. The summed E-state index contributed by atoms with van der Waals surface area (Å²) in [6.45, 7) is 3.64. The molecule has 0 saturated carbocycles. The predicted molar refractivity (Wildman–Crippen MR) is 89.7 cm³/mol. The molecule has 1 atom stereocenters. The SMILES string of the molecule is C#C/C(=C\C(=N)C(C)Cl)c1ncnc2[nH]cc(C(=O)OCC)c12. The maximum atomic E-state index is 12.1. The van der Waals surface area contributed by atoms with Crippen LogP contribution in [0, 0.1) is 17.8 Å². The predicted octanol–water partition coefficient (Wildman–Crippen LogP) is 2.80. The van der Waals surface area contributed by atoms with Crippen LogP contribution in [-0.4, -0.2) is 38.6 Å². The Hall–Kier alpha value is -2.65. The van der Waals surface area contributed by atoms with Crippen LogP contribution in [-0.2, 0) is 4.74 Å². The molecule has 0 aliphatic heterocycles. The van der Waals surface area contributed by atoms with Gasteiger partial charge in [0.2, 0.25) is 0 Å². The van der Waals surface area contributed by atoms with Crippen LogP contribution in [0.1, 0.15) is 29.9 Å². The van der Waals surface area contributed by atoms with E-state index >= 15 is 0 Å². The number of nitrogens with zero attached hydrogens (tertiary/aromatic N) is 2. The molecule has 2 aromatic rings. The fraction of sp³-hybridized carbons (Fsp3) is 0.250. The lowest BCUT2D eigenvalue weighted by Crippen LogP contribution is -2.07. The van der Waals surface area contributed by atoms with Crippen LogP contribution in [0.2, 0.25) is 0 Å². The highest BCUT2D eigenvalue weighted by molar-refractivity contribution is 6.34. The highest BCUT2D eigenvalue weighted by Gasteiger charge is 2.19. The summed E-state index contributed by atoms with van der Waals surface area (Å²) in [5, 5.41) is 7.82. The van der Waals surface area contributed by atoms with Crippen molar-refractivity contribution in [1.29, 1.82) is 5.41 Å². The lowest BCUT2D eigenvalue weighted by Gasteiger charge is -2.06. The fourth-order valence-corrected chi connectivity index (χ4v) is 2.05. The summed E-state index contributed by atoms with van der Waals surface area (Å²) in [4.78, 5) is 23.2. The molecule has 2 aromatic heterocycles. The van der Waals surface area contributed by atoms with E-state index in [4.69, 9.17) is 28.2 Å². The minimum atomic E-state index is -0.494. The molecule has 0 fully saturated rings. The topological polar surface area (TPSA) is 91.7 Å². The van der Waals surface area contributed by atoms with E-state index in [0.29, 0.717) is 27.9 Å². The largest absolute Gasteiger partial charge is 0.462 e. The number of fused-ring (bicyclic) bond motifs is 1. The van der Waals surface area contributed by atoms with Gasteiger partial charge < -0.3 is 15.1 Å². The number of carbonyl (C=O) groups is 1. The minimum Gasteiger partial charge on any atom is -0.462 e. The maximum absolute atomic E-state index is 12.1. The molecule has 0 amide bonds. The Bertz CT molecular complexity index is 830.